The van der Waals surface area contributed by atoms with Gasteiger partial charge in [-0.15, -0.1) is 0 Å². The lowest BCUT2D eigenvalue weighted by molar-refractivity contribution is -0.134. The van der Waals surface area contributed by atoms with Crippen LogP contribution in [0.2, 0.25) is 0 Å². The Morgan fingerprint density at radius 2 is 1.43 bits per heavy atom. The highest BCUT2D eigenvalue weighted by atomic mass is 32.1. The predicted octanol–water partition coefficient (Wildman–Crippen LogP) is 0.745. The topological polar surface area (TPSA) is 283 Å². The van der Waals surface area contributed by atoms with Crippen molar-refractivity contribution in [3.05, 3.63) is 90.1 Å². The molecular weight excluding hydrogens is 849 g/mol. The molecule has 2 aromatic carbocycles. The van der Waals surface area contributed by atoms with Gasteiger partial charge in [0.15, 0.2) is 0 Å². The number of benzene rings is 2. The third kappa shape index (κ3) is 17.0. The van der Waals surface area contributed by atoms with Crippen molar-refractivity contribution < 1.29 is 28.8 Å². The normalized spacial score (nSPS) is 14.7. The van der Waals surface area contributed by atoms with E-state index >= 15 is 0 Å². The lowest BCUT2D eigenvalue weighted by atomic mass is 10.0. The van der Waals surface area contributed by atoms with E-state index in [-0.39, 0.29) is 37.3 Å². The number of hydrogen-bond acceptors (Lipinski definition) is 11. The summed E-state index contributed by atoms with van der Waals surface area (Å²) < 4.78 is 0. The molecule has 0 aliphatic carbocycles. The Balaban J connectivity index is 1.38. The number of thiol groups is 1. The van der Waals surface area contributed by atoms with Gasteiger partial charge in [-0.3, -0.25) is 28.8 Å². The van der Waals surface area contributed by atoms with Crippen molar-refractivity contribution in [2.45, 2.75) is 109 Å². The molecule has 7 atom stereocenters. The molecule has 0 aliphatic rings. The number of imidazole rings is 1. The number of H-pyrrole nitrogens is 2. The van der Waals surface area contributed by atoms with Crippen LogP contribution in [-0.4, -0.2) is 118 Å². The van der Waals surface area contributed by atoms with Gasteiger partial charge in [-0.05, 0) is 61.0 Å². The van der Waals surface area contributed by atoms with Gasteiger partial charge in [0.25, 0.3) is 0 Å². The van der Waals surface area contributed by atoms with E-state index in [2.05, 4.69) is 78.6 Å². The highest BCUT2D eigenvalue weighted by Crippen LogP contribution is 2.19. The summed E-state index contributed by atoms with van der Waals surface area (Å²) in [6.07, 6.45) is 6.71. The molecule has 6 amide bonds. The fourth-order valence-electron chi connectivity index (χ4n) is 7.34. The lowest BCUT2D eigenvalue weighted by Crippen LogP contribution is -2.59. The van der Waals surface area contributed by atoms with E-state index in [0.717, 1.165) is 28.5 Å². The SMILES string of the molecule is CC(C)C[C@@H](CN[C@H](CN)CCS)NC(=O)[C@H](Cc1cnc[nH]1)NC(=O)CNC(=O)[C@@H](NC(=O)[C@H](C)NC(=O)[C@H](Cc1c[nH]c2ccccc12)NC(=O)[C@H](N)Cc1ccccc1)C(C)C. The van der Waals surface area contributed by atoms with Gasteiger partial charge in [-0.25, -0.2) is 4.98 Å². The number of hydrogen-bond donors (Lipinski definition) is 12. The average molecular weight is 917 g/mol. The molecule has 0 saturated heterocycles. The van der Waals surface area contributed by atoms with Crippen LogP contribution in [0, 0.1) is 11.8 Å². The molecule has 0 unspecified atom stereocenters. The number of nitrogens with zero attached hydrogens (tertiary/aromatic N) is 1. The Morgan fingerprint density at radius 1 is 0.738 bits per heavy atom. The quantitative estimate of drug-likeness (QED) is 0.0373. The van der Waals surface area contributed by atoms with Gasteiger partial charge in [0.2, 0.25) is 35.4 Å². The number of para-hydroxylation sites is 1. The minimum Gasteiger partial charge on any atom is -0.361 e. The zero-order valence-electron chi connectivity index (χ0n) is 38.0. The van der Waals surface area contributed by atoms with E-state index in [0.29, 0.717) is 31.0 Å². The van der Waals surface area contributed by atoms with Crippen molar-refractivity contribution in [2.75, 3.05) is 25.4 Å². The largest absolute Gasteiger partial charge is 0.361 e. The molecule has 4 rings (SSSR count). The van der Waals surface area contributed by atoms with Crippen LogP contribution in [0.1, 0.15) is 64.3 Å². The lowest BCUT2D eigenvalue weighted by Gasteiger charge is -2.27. The van der Waals surface area contributed by atoms with Crippen LogP contribution < -0.4 is 48.7 Å². The molecule has 0 radical (unpaired) electrons. The second kappa shape index (κ2) is 26.3. The second-order valence-electron chi connectivity index (χ2n) is 17.2. The Labute approximate surface area is 386 Å². The number of aromatic amines is 2. The summed E-state index contributed by atoms with van der Waals surface area (Å²) in [4.78, 5) is 91.6. The summed E-state index contributed by atoms with van der Waals surface area (Å²) >= 11 is 4.32. The van der Waals surface area contributed by atoms with Crippen LogP contribution in [0.15, 0.2) is 73.3 Å². The molecule has 0 fully saturated rings. The van der Waals surface area contributed by atoms with Crippen molar-refractivity contribution in [3.8, 4) is 0 Å². The summed E-state index contributed by atoms with van der Waals surface area (Å²) in [5.41, 5.74) is 15.3. The zero-order chi connectivity index (χ0) is 47.5. The number of fused-ring (bicyclic) bond motifs is 1. The molecule has 65 heavy (non-hydrogen) atoms. The summed E-state index contributed by atoms with van der Waals surface area (Å²) in [6, 6.07) is 11.3. The molecule has 0 bridgehead atoms. The molecule has 0 aliphatic heterocycles. The molecular formula is C46H68N12O6S. The number of carbonyl (C=O) groups is 6. The average Bonchev–Trinajstić information content (AvgIpc) is 3.95. The number of rotatable bonds is 27. The van der Waals surface area contributed by atoms with Crippen LogP contribution in [-0.2, 0) is 48.0 Å². The van der Waals surface area contributed by atoms with Gasteiger partial charge >= 0.3 is 0 Å². The van der Waals surface area contributed by atoms with Crippen LogP contribution in [0.3, 0.4) is 0 Å². The first kappa shape index (κ1) is 51.9. The Bertz CT molecular complexity index is 2130. The van der Waals surface area contributed by atoms with E-state index in [1.807, 2.05) is 54.6 Å². The molecule has 13 N–H and O–H groups in total. The maximum Gasteiger partial charge on any atom is 0.243 e. The summed E-state index contributed by atoms with van der Waals surface area (Å²) in [6.45, 7) is 9.42. The fraction of sp³-hybridized carbons (Fsp3) is 0.500. The fourth-order valence-corrected chi connectivity index (χ4v) is 7.65. The molecule has 354 valence electrons. The van der Waals surface area contributed by atoms with Gasteiger partial charge in [0.1, 0.15) is 24.2 Å². The van der Waals surface area contributed by atoms with Gasteiger partial charge in [0.05, 0.1) is 18.9 Å². The summed E-state index contributed by atoms with van der Waals surface area (Å²) in [7, 11) is 0. The van der Waals surface area contributed by atoms with Gasteiger partial charge in [0, 0.05) is 67.0 Å². The van der Waals surface area contributed by atoms with Crippen LogP contribution in [0.25, 0.3) is 10.9 Å². The van der Waals surface area contributed by atoms with Gasteiger partial charge in [-0.2, -0.15) is 12.6 Å². The maximum absolute atomic E-state index is 13.9. The van der Waals surface area contributed by atoms with E-state index in [4.69, 9.17) is 11.5 Å². The van der Waals surface area contributed by atoms with Crippen molar-refractivity contribution in [2.24, 2.45) is 23.3 Å². The van der Waals surface area contributed by atoms with E-state index < -0.39 is 78.1 Å². The second-order valence-corrected chi connectivity index (χ2v) is 17.6. The van der Waals surface area contributed by atoms with Gasteiger partial charge in [-0.1, -0.05) is 76.2 Å². The number of nitrogens with one attached hydrogen (secondary N) is 9. The molecule has 2 aromatic heterocycles. The standard InChI is InChI=1S/C46H68N12O6S/c1-27(2)17-34(24-50-32(21-47)15-16-65)55-45(63)39(20-33-23-49-26-53-33)56-40(59)25-52-46(64)41(28(3)4)58-42(60)29(5)54-44(62)38(19-31-22-51-37-14-10-9-13-35(31)37)57-43(61)36(48)18-30-11-7-6-8-12-30/h6-14,22-23,26-29,32,34,36,38-39,41,50-51,65H,15-21,24-25,47-48H2,1-5H3,(H,49,53)(H,52,64)(H,54,62)(H,55,63)(H,56,59)(H,57,61)(H,58,60)/t29-,32-,34-,36+,38-,39-,41-/m0/s1. The third-order valence-corrected chi connectivity index (χ3v) is 11.2. The zero-order valence-corrected chi connectivity index (χ0v) is 38.9. The highest BCUT2D eigenvalue weighted by molar-refractivity contribution is 7.80. The molecule has 2 heterocycles. The monoisotopic (exact) mass is 917 g/mol. The van der Waals surface area contributed by atoms with Gasteiger partial charge < -0.3 is 58.7 Å². The number of amides is 6. The smallest absolute Gasteiger partial charge is 0.243 e. The Kier molecular flexibility index (Phi) is 21.0. The highest BCUT2D eigenvalue weighted by Gasteiger charge is 2.31. The number of aromatic nitrogens is 3. The Morgan fingerprint density at radius 3 is 2.09 bits per heavy atom. The number of carbonyl (C=O) groups excluding carboxylic acids is 6. The van der Waals surface area contributed by atoms with Crippen molar-refractivity contribution >= 4 is 59.0 Å². The van der Waals surface area contributed by atoms with Crippen molar-refractivity contribution in [1.29, 1.82) is 0 Å². The molecule has 18 nitrogen and oxygen atoms in total. The van der Waals surface area contributed by atoms with Crippen molar-refractivity contribution in [3.63, 3.8) is 0 Å². The molecule has 4 aromatic rings. The first-order valence-electron chi connectivity index (χ1n) is 22.2. The first-order chi connectivity index (χ1) is 31.1. The van der Waals surface area contributed by atoms with Crippen LogP contribution >= 0.6 is 12.6 Å². The minimum atomic E-state index is -1.14. The van der Waals surface area contributed by atoms with E-state index in [9.17, 15) is 28.8 Å². The van der Waals surface area contributed by atoms with Crippen molar-refractivity contribution in [1.82, 2.24) is 52.2 Å². The molecule has 19 heteroatoms. The summed E-state index contributed by atoms with van der Waals surface area (Å²) in [5.74, 6) is -3.02. The van der Waals surface area contributed by atoms with Crippen LogP contribution in [0.5, 0.6) is 0 Å². The van der Waals surface area contributed by atoms with E-state index in [1.54, 1.807) is 26.2 Å². The van der Waals surface area contributed by atoms with Crippen LogP contribution in [0.4, 0.5) is 0 Å². The first-order valence-corrected chi connectivity index (χ1v) is 22.9. The Hall–Kier alpha value is -5.76. The predicted molar refractivity (Wildman–Crippen MR) is 254 cm³/mol. The number of nitrogens with two attached hydrogens (primary N) is 2. The summed E-state index contributed by atoms with van der Waals surface area (Å²) in [5, 5.41) is 20.9. The van der Waals surface area contributed by atoms with E-state index in [1.165, 1.54) is 13.3 Å². The molecule has 0 saturated carbocycles. The maximum atomic E-state index is 13.9. The minimum absolute atomic E-state index is 0.0354. The molecule has 0 spiro atoms. The third-order valence-electron chi connectivity index (χ3n) is 10.9.